The summed E-state index contributed by atoms with van der Waals surface area (Å²) in [5, 5.41) is 0. The van der Waals surface area contributed by atoms with Gasteiger partial charge in [0.2, 0.25) is 0 Å². The molecule has 2 aliphatic rings. The Kier molecular flexibility index (Phi) is 4.10. The number of morpholine rings is 2. The Labute approximate surface area is 161 Å². The number of ether oxygens (including phenoxy) is 2. The van der Waals surface area contributed by atoms with E-state index in [0.717, 1.165) is 17.0 Å². The Hall–Kier alpha value is -2.92. The van der Waals surface area contributed by atoms with Crippen LogP contribution in [0.3, 0.4) is 0 Å². The van der Waals surface area contributed by atoms with Crippen LogP contribution in [0, 0.1) is 0 Å². The summed E-state index contributed by atoms with van der Waals surface area (Å²) in [5.41, 5.74) is -0.646. The molecule has 11 heteroatoms. The number of pyridine rings is 1. The van der Waals surface area contributed by atoms with Crippen LogP contribution in [0.1, 0.15) is 16.1 Å². The quantitative estimate of drug-likeness (QED) is 0.616. The molecule has 152 valence electrons. The molecule has 0 spiro atoms. The van der Waals surface area contributed by atoms with Crippen LogP contribution >= 0.6 is 0 Å². The Balaban J connectivity index is 1.88. The second-order valence-corrected chi connectivity index (χ2v) is 6.91. The molecule has 2 aliphatic heterocycles. The number of aldehydes is 1. The molecule has 5 heterocycles. The van der Waals surface area contributed by atoms with Crippen LogP contribution in [-0.4, -0.2) is 59.2 Å². The standard InChI is InChI=1S/C18H15F3N4O4/c19-18(20,21)13-3-24-10(4-26)1-23-17(24)15(14-2-22-9-29-14)16(13)25-11-5-27-7-12(25)8-28-6-11/h1-4,9,11-12H,5-8H2. The first kappa shape index (κ1) is 18.1. The van der Waals surface area contributed by atoms with Gasteiger partial charge in [-0.05, 0) is 0 Å². The fourth-order valence-corrected chi connectivity index (χ4v) is 4.02. The third kappa shape index (κ3) is 2.80. The van der Waals surface area contributed by atoms with Crippen molar-refractivity contribution in [1.82, 2.24) is 14.4 Å². The first-order valence-electron chi connectivity index (χ1n) is 8.88. The normalized spacial score (nSPS) is 22.2. The second-order valence-electron chi connectivity index (χ2n) is 6.91. The van der Waals surface area contributed by atoms with Crippen LogP contribution in [-0.2, 0) is 15.7 Å². The molecule has 5 rings (SSSR count). The van der Waals surface area contributed by atoms with Gasteiger partial charge in [0.05, 0.1) is 67.7 Å². The number of alkyl halides is 3. The predicted molar refractivity (Wildman–Crippen MR) is 92.8 cm³/mol. The van der Waals surface area contributed by atoms with E-state index in [1.165, 1.54) is 12.4 Å². The lowest BCUT2D eigenvalue weighted by atomic mass is 10.00. The van der Waals surface area contributed by atoms with Crippen molar-refractivity contribution in [3.63, 3.8) is 0 Å². The van der Waals surface area contributed by atoms with Gasteiger partial charge in [-0.25, -0.2) is 9.97 Å². The minimum Gasteiger partial charge on any atom is -0.443 e. The SMILES string of the molecule is O=Cc1cnc2c(-c3cnco3)c(N3C4COCC3COC4)c(C(F)(F)F)cn12. The fourth-order valence-electron chi connectivity index (χ4n) is 4.02. The summed E-state index contributed by atoms with van der Waals surface area (Å²) < 4.78 is 60.2. The van der Waals surface area contributed by atoms with Gasteiger partial charge < -0.3 is 18.8 Å². The molecule has 0 saturated carbocycles. The summed E-state index contributed by atoms with van der Waals surface area (Å²) in [6.45, 7) is 0.956. The van der Waals surface area contributed by atoms with Crippen molar-refractivity contribution in [2.45, 2.75) is 18.3 Å². The molecule has 29 heavy (non-hydrogen) atoms. The van der Waals surface area contributed by atoms with Gasteiger partial charge in [-0.1, -0.05) is 0 Å². The Morgan fingerprint density at radius 2 is 1.79 bits per heavy atom. The molecule has 2 fully saturated rings. The number of rotatable bonds is 3. The molecule has 8 nitrogen and oxygen atoms in total. The van der Waals surface area contributed by atoms with Crippen LogP contribution in [0.5, 0.6) is 0 Å². The van der Waals surface area contributed by atoms with Gasteiger partial charge in [-0.15, -0.1) is 0 Å². The highest BCUT2D eigenvalue weighted by molar-refractivity contribution is 5.91. The number of anilines is 1. The van der Waals surface area contributed by atoms with Crippen LogP contribution in [0.4, 0.5) is 18.9 Å². The molecular weight excluding hydrogens is 393 g/mol. The highest BCUT2D eigenvalue weighted by atomic mass is 19.4. The third-order valence-corrected chi connectivity index (χ3v) is 5.19. The van der Waals surface area contributed by atoms with Crippen LogP contribution in [0.2, 0.25) is 0 Å². The minimum absolute atomic E-state index is 0.00307. The van der Waals surface area contributed by atoms with Gasteiger partial charge in [-0.2, -0.15) is 13.2 Å². The van der Waals surface area contributed by atoms with Gasteiger partial charge in [0.1, 0.15) is 5.69 Å². The first-order valence-corrected chi connectivity index (χ1v) is 8.88. The van der Waals surface area contributed by atoms with Crippen molar-refractivity contribution in [2.75, 3.05) is 31.3 Å². The maximum Gasteiger partial charge on any atom is 0.419 e. The molecule has 0 N–H and O–H groups in total. The Bertz CT molecular complexity index is 1040. The Morgan fingerprint density at radius 1 is 1.10 bits per heavy atom. The number of halogens is 3. The maximum atomic E-state index is 14.2. The molecule has 2 saturated heterocycles. The average molecular weight is 408 g/mol. The number of oxazole rings is 1. The maximum absolute atomic E-state index is 14.2. The number of imidazole rings is 1. The molecule has 3 aromatic rings. The van der Waals surface area contributed by atoms with Gasteiger partial charge >= 0.3 is 6.18 Å². The first-order chi connectivity index (χ1) is 14.0. The zero-order chi connectivity index (χ0) is 20.2. The molecular formula is C18H15F3N4O4. The Morgan fingerprint density at radius 3 is 2.34 bits per heavy atom. The predicted octanol–water partition coefficient (Wildman–Crippen LogP) is 2.42. The van der Waals surface area contributed by atoms with E-state index >= 15 is 0 Å². The number of carbonyl (C=O) groups excluding carboxylic acids is 1. The summed E-state index contributed by atoms with van der Waals surface area (Å²) in [5.74, 6) is 0.129. The van der Waals surface area contributed by atoms with Crippen LogP contribution in [0.15, 0.2) is 29.4 Å². The summed E-state index contributed by atoms with van der Waals surface area (Å²) in [6, 6.07) is -0.790. The zero-order valence-electron chi connectivity index (χ0n) is 14.9. The van der Waals surface area contributed by atoms with E-state index in [1.54, 1.807) is 4.90 Å². The number of aromatic nitrogens is 3. The molecule has 0 radical (unpaired) electrons. The lowest BCUT2D eigenvalue weighted by Crippen LogP contribution is -2.60. The molecule has 0 aliphatic carbocycles. The molecule has 0 unspecified atom stereocenters. The summed E-state index contributed by atoms with van der Waals surface area (Å²) in [7, 11) is 0. The van der Waals surface area contributed by atoms with Crippen molar-refractivity contribution in [3.05, 3.63) is 36.2 Å². The second kappa shape index (κ2) is 6.56. The number of fused-ring (bicyclic) bond motifs is 3. The third-order valence-electron chi connectivity index (χ3n) is 5.19. The van der Waals surface area contributed by atoms with Crippen molar-refractivity contribution in [3.8, 4) is 11.3 Å². The largest absolute Gasteiger partial charge is 0.443 e. The van der Waals surface area contributed by atoms with E-state index in [2.05, 4.69) is 9.97 Å². The van der Waals surface area contributed by atoms with E-state index in [0.29, 0.717) is 6.29 Å². The number of hydrogen-bond acceptors (Lipinski definition) is 7. The fraction of sp³-hybridized carbons (Fsp3) is 0.389. The topological polar surface area (TPSA) is 82.1 Å². The molecule has 0 amide bonds. The van der Waals surface area contributed by atoms with Gasteiger partial charge in [0, 0.05) is 6.20 Å². The summed E-state index contributed by atoms with van der Waals surface area (Å²) in [6.07, 6.45) is 0.393. The number of nitrogens with zero attached hydrogens (tertiary/aromatic N) is 4. The lowest BCUT2D eigenvalue weighted by molar-refractivity contribution is -0.137. The van der Waals surface area contributed by atoms with Crippen molar-refractivity contribution in [2.24, 2.45) is 0 Å². The van der Waals surface area contributed by atoms with E-state index < -0.39 is 23.8 Å². The zero-order valence-corrected chi connectivity index (χ0v) is 14.9. The number of carbonyl (C=O) groups is 1. The summed E-state index contributed by atoms with van der Waals surface area (Å²) >= 11 is 0. The molecule has 0 atom stereocenters. The van der Waals surface area contributed by atoms with E-state index in [1.807, 2.05) is 0 Å². The smallest absolute Gasteiger partial charge is 0.419 e. The van der Waals surface area contributed by atoms with Crippen LogP contribution in [0.25, 0.3) is 17.0 Å². The molecule has 0 aromatic carbocycles. The highest BCUT2D eigenvalue weighted by Gasteiger charge is 2.44. The minimum atomic E-state index is -4.68. The van der Waals surface area contributed by atoms with E-state index in [9.17, 15) is 18.0 Å². The van der Waals surface area contributed by atoms with Gasteiger partial charge in [0.15, 0.2) is 24.1 Å². The lowest BCUT2D eigenvalue weighted by Gasteiger charge is -2.48. The summed E-state index contributed by atoms with van der Waals surface area (Å²) in [4.78, 5) is 21.1. The van der Waals surface area contributed by atoms with Crippen molar-refractivity contribution >= 4 is 17.6 Å². The van der Waals surface area contributed by atoms with Crippen molar-refractivity contribution < 1.29 is 31.9 Å². The van der Waals surface area contributed by atoms with Crippen molar-refractivity contribution in [1.29, 1.82) is 0 Å². The van der Waals surface area contributed by atoms with Gasteiger partial charge in [0.25, 0.3) is 0 Å². The average Bonchev–Trinajstić information content (AvgIpc) is 3.34. The monoisotopic (exact) mass is 408 g/mol. The number of hydrogen-bond donors (Lipinski definition) is 0. The molecule has 3 aromatic heterocycles. The van der Waals surface area contributed by atoms with E-state index in [4.69, 9.17) is 13.9 Å². The van der Waals surface area contributed by atoms with Gasteiger partial charge in [-0.3, -0.25) is 9.20 Å². The molecule has 2 bridgehead atoms. The highest BCUT2D eigenvalue weighted by Crippen LogP contribution is 2.46. The van der Waals surface area contributed by atoms with Crippen LogP contribution < -0.4 is 4.90 Å². The van der Waals surface area contributed by atoms with E-state index in [-0.39, 0.29) is 54.8 Å².